The van der Waals surface area contributed by atoms with Crippen LogP contribution in [0.4, 0.5) is 0 Å². The van der Waals surface area contributed by atoms with Gasteiger partial charge in [-0.1, -0.05) is 11.6 Å². The summed E-state index contributed by atoms with van der Waals surface area (Å²) in [6.45, 7) is 7.30. The highest BCUT2D eigenvalue weighted by Crippen LogP contribution is 2.37. The van der Waals surface area contributed by atoms with Crippen molar-refractivity contribution in [2.24, 2.45) is 0 Å². The Balaban J connectivity index is 1.64. The second-order valence-electron chi connectivity index (χ2n) is 8.80. The fourth-order valence-corrected chi connectivity index (χ4v) is 4.52. The lowest BCUT2D eigenvalue weighted by atomic mass is 9.86. The first-order chi connectivity index (χ1) is 13.3. The van der Waals surface area contributed by atoms with Crippen molar-refractivity contribution >= 4 is 18.0 Å². The van der Waals surface area contributed by atoms with E-state index in [1.54, 1.807) is 4.90 Å². The molecule has 0 spiro atoms. The molecule has 1 aromatic heterocycles. The van der Waals surface area contributed by atoms with Gasteiger partial charge >= 0.3 is 0 Å². The number of aromatic nitrogens is 3. The number of fused-ring (bicyclic) bond motifs is 3. The molecule has 4 rings (SSSR count). The highest BCUT2D eigenvalue weighted by molar-refractivity contribution is 6.30. The van der Waals surface area contributed by atoms with Crippen LogP contribution >= 0.6 is 11.6 Å². The van der Waals surface area contributed by atoms with Crippen LogP contribution < -0.4 is 0 Å². The second-order valence-corrected chi connectivity index (χ2v) is 9.23. The van der Waals surface area contributed by atoms with E-state index in [2.05, 4.69) is 35.5 Å². The van der Waals surface area contributed by atoms with E-state index in [1.807, 2.05) is 18.2 Å². The molecule has 0 bridgehead atoms. The van der Waals surface area contributed by atoms with Gasteiger partial charge in [0.05, 0.1) is 23.9 Å². The maximum absolute atomic E-state index is 11.5. The molecule has 1 saturated carbocycles. The number of amides is 1. The maximum Gasteiger partial charge on any atom is 0.210 e. The van der Waals surface area contributed by atoms with Gasteiger partial charge in [-0.15, -0.1) is 10.2 Å². The molecule has 0 N–H and O–H groups in total. The molecule has 1 aliphatic heterocycles. The van der Waals surface area contributed by atoms with Crippen LogP contribution in [0.3, 0.4) is 0 Å². The van der Waals surface area contributed by atoms with Gasteiger partial charge in [0.2, 0.25) is 6.41 Å². The minimum atomic E-state index is -0.111. The van der Waals surface area contributed by atoms with Crippen LogP contribution in [-0.2, 0) is 22.6 Å². The van der Waals surface area contributed by atoms with Gasteiger partial charge in [0.1, 0.15) is 5.82 Å². The molecule has 1 amide bonds. The van der Waals surface area contributed by atoms with Crippen molar-refractivity contribution in [3.8, 4) is 5.69 Å². The zero-order chi connectivity index (χ0) is 19.9. The van der Waals surface area contributed by atoms with E-state index in [0.717, 1.165) is 55.0 Å². The summed E-state index contributed by atoms with van der Waals surface area (Å²) >= 11 is 6.22. The molecule has 1 aliphatic carbocycles. The molecule has 1 fully saturated rings. The Hall–Kier alpha value is -1.92. The molecule has 2 aromatic rings. The quantitative estimate of drug-likeness (QED) is 0.720. The van der Waals surface area contributed by atoms with Crippen LogP contribution in [0, 0.1) is 0 Å². The van der Waals surface area contributed by atoms with Gasteiger partial charge in [0, 0.05) is 17.5 Å². The van der Waals surface area contributed by atoms with Crippen LogP contribution in [0.2, 0.25) is 5.02 Å². The number of carbonyl (C=O) groups excluding carboxylic acids is 1. The SMILES string of the molecule is CC(C)(C)OC1CCC(c2nnc3n2-c2ccc(Cl)cc2CN(C=O)C3)CC1. The van der Waals surface area contributed by atoms with E-state index in [9.17, 15) is 4.79 Å². The highest BCUT2D eigenvalue weighted by atomic mass is 35.5. The lowest BCUT2D eigenvalue weighted by molar-refractivity contribution is -0.119. The Kier molecular flexibility index (Phi) is 5.19. The predicted octanol–water partition coefficient (Wildman–Crippen LogP) is 4.23. The number of ether oxygens (including phenoxy) is 1. The van der Waals surface area contributed by atoms with Gasteiger partial charge in [-0.25, -0.2) is 0 Å². The standard InChI is InChI=1S/C21H27ClN4O2/c1-21(2,3)28-17-7-4-14(5-8-17)20-24-23-19-12-25(13-27)11-15-10-16(22)6-9-18(15)26(19)20/h6,9-10,13-14,17H,4-5,7-8,11-12H2,1-3H3. The highest BCUT2D eigenvalue weighted by Gasteiger charge is 2.31. The number of carbonyl (C=O) groups is 1. The smallest absolute Gasteiger partial charge is 0.210 e. The minimum Gasteiger partial charge on any atom is -0.373 e. The van der Waals surface area contributed by atoms with Crippen molar-refractivity contribution in [3.63, 3.8) is 0 Å². The van der Waals surface area contributed by atoms with Gasteiger partial charge in [-0.05, 0) is 70.2 Å². The molecule has 2 aliphatic rings. The van der Waals surface area contributed by atoms with Crippen molar-refractivity contribution in [1.29, 1.82) is 0 Å². The van der Waals surface area contributed by atoms with Crippen LogP contribution in [0.5, 0.6) is 0 Å². The van der Waals surface area contributed by atoms with E-state index in [-0.39, 0.29) is 5.60 Å². The Morgan fingerprint density at radius 3 is 2.57 bits per heavy atom. The Bertz CT molecular complexity index is 866. The van der Waals surface area contributed by atoms with Crippen LogP contribution in [0.1, 0.15) is 69.6 Å². The molecule has 28 heavy (non-hydrogen) atoms. The number of benzene rings is 1. The fraction of sp³-hybridized carbons (Fsp3) is 0.571. The van der Waals surface area contributed by atoms with Crippen molar-refractivity contribution in [3.05, 3.63) is 40.4 Å². The van der Waals surface area contributed by atoms with Gasteiger partial charge in [-0.2, -0.15) is 0 Å². The van der Waals surface area contributed by atoms with Gasteiger partial charge in [0.25, 0.3) is 0 Å². The molecular formula is C21H27ClN4O2. The largest absolute Gasteiger partial charge is 0.373 e. The van der Waals surface area contributed by atoms with Crippen LogP contribution in [-0.4, -0.2) is 37.8 Å². The molecule has 7 heteroatoms. The number of hydrogen-bond donors (Lipinski definition) is 0. The third kappa shape index (κ3) is 3.94. The van der Waals surface area contributed by atoms with Crippen LogP contribution in [0.25, 0.3) is 5.69 Å². The maximum atomic E-state index is 11.5. The average molecular weight is 403 g/mol. The van der Waals surface area contributed by atoms with Crippen molar-refractivity contribution in [2.75, 3.05) is 0 Å². The van der Waals surface area contributed by atoms with Crippen molar-refractivity contribution in [1.82, 2.24) is 19.7 Å². The van der Waals surface area contributed by atoms with E-state index in [0.29, 0.717) is 30.1 Å². The average Bonchev–Trinajstić information content (AvgIpc) is 2.97. The zero-order valence-corrected chi connectivity index (χ0v) is 17.4. The molecule has 0 atom stereocenters. The number of rotatable bonds is 3. The first-order valence-corrected chi connectivity index (χ1v) is 10.3. The van der Waals surface area contributed by atoms with E-state index in [1.165, 1.54) is 0 Å². The normalized spacial score (nSPS) is 22.4. The van der Waals surface area contributed by atoms with Crippen LogP contribution in [0.15, 0.2) is 18.2 Å². The Morgan fingerprint density at radius 1 is 1.14 bits per heavy atom. The zero-order valence-electron chi connectivity index (χ0n) is 16.7. The lowest BCUT2D eigenvalue weighted by Crippen LogP contribution is -2.30. The van der Waals surface area contributed by atoms with Crippen molar-refractivity contribution in [2.45, 2.75) is 77.2 Å². The molecule has 0 radical (unpaired) electrons. The first-order valence-electron chi connectivity index (χ1n) is 9.94. The summed E-state index contributed by atoms with van der Waals surface area (Å²) < 4.78 is 8.32. The van der Waals surface area contributed by atoms with Gasteiger partial charge < -0.3 is 9.64 Å². The molecule has 0 unspecified atom stereocenters. The Morgan fingerprint density at radius 2 is 1.89 bits per heavy atom. The topological polar surface area (TPSA) is 60.3 Å². The summed E-state index contributed by atoms with van der Waals surface area (Å²) in [5, 5.41) is 9.66. The monoisotopic (exact) mass is 402 g/mol. The molecule has 2 heterocycles. The van der Waals surface area contributed by atoms with E-state index < -0.39 is 0 Å². The summed E-state index contributed by atoms with van der Waals surface area (Å²) in [4.78, 5) is 13.2. The summed E-state index contributed by atoms with van der Waals surface area (Å²) in [5.41, 5.74) is 1.93. The lowest BCUT2D eigenvalue weighted by Gasteiger charge is -2.33. The number of nitrogens with zero attached hydrogens (tertiary/aromatic N) is 4. The third-order valence-electron chi connectivity index (χ3n) is 5.46. The minimum absolute atomic E-state index is 0.111. The fourth-order valence-electron chi connectivity index (χ4n) is 4.33. The first kappa shape index (κ1) is 19.4. The van der Waals surface area contributed by atoms with Gasteiger partial charge in [-0.3, -0.25) is 9.36 Å². The Labute approximate surface area is 170 Å². The van der Waals surface area contributed by atoms with Gasteiger partial charge in [0.15, 0.2) is 5.82 Å². The summed E-state index contributed by atoms with van der Waals surface area (Å²) in [6.07, 6.45) is 5.28. The summed E-state index contributed by atoms with van der Waals surface area (Å²) in [6, 6.07) is 5.83. The van der Waals surface area contributed by atoms with Crippen molar-refractivity contribution < 1.29 is 9.53 Å². The molecule has 150 valence electrons. The number of hydrogen-bond acceptors (Lipinski definition) is 4. The molecule has 0 saturated heterocycles. The van der Waals surface area contributed by atoms with E-state index in [4.69, 9.17) is 16.3 Å². The molecular weight excluding hydrogens is 376 g/mol. The summed E-state index contributed by atoms with van der Waals surface area (Å²) in [5.74, 6) is 2.13. The van der Waals surface area contributed by atoms with E-state index >= 15 is 0 Å². The predicted molar refractivity (Wildman–Crippen MR) is 108 cm³/mol. The molecule has 6 nitrogen and oxygen atoms in total. The number of halogens is 1. The summed E-state index contributed by atoms with van der Waals surface area (Å²) in [7, 11) is 0. The molecule has 1 aromatic carbocycles. The third-order valence-corrected chi connectivity index (χ3v) is 5.70. The second kappa shape index (κ2) is 7.48.